The fourth-order valence-corrected chi connectivity index (χ4v) is 8.05. The molecule has 0 saturated carbocycles. The molecule has 0 saturated heterocycles. The Kier molecular flexibility index (Phi) is 56.4. The van der Waals surface area contributed by atoms with Gasteiger partial charge in [-0.05, 0) is 103 Å². The van der Waals surface area contributed by atoms with E-state index in [1.807, 2.05) is 0 Å². The predicted molar refractivity (Wildman–Crippen MR) is 311 cm³/mol. The lowest BCUT2D eigenvalue weighted by molar-refractivity contribution is -0.167. The van der Waals surface area contributed by atoms with Crippen molar-refractivity contribution in [1.82, 2.24) is 0 Å². The molecule has 0 fully saturated rings. The van der Waals surface area contributed by atoms with Crippen molar-refractivity contribution in [3.8, 4) is 0 Å². The quantitative estimate of drug-likeness (QED) is 0.0261. The van der Waals surface area contributed by atoms with E-state index in [9.17, 15) is 14.4 Å². The second-order valence-corrected chi connectivity index (χ2v) is 19.5. The summed E-state index contributed by atoms with van der Waals surface area (Å²) < 4.78 is 16.8. The molecule has 0 rings (SSSR count). The second kappa shape index (κ2) is 59.6. The Labute approximate surface area is 444 Å². The third-order valence-corrected chi connectivity index (χ3v) is 12.5. The van der Waals surface area contributed by atoms with Crippen LogP contribution in [-0.4, -0.2) is 37.2 Å². The van der Waals surface area contributed by atoms with Crippen molar-refractivity contribution in [2.45, 2.75) is 277 Å². The Morgan fingerprint density at radius 2 is 0.556 bits per heavy atom. The van der Waals surface area contributed by atoms with Crippen molar-refractivity contribution >= 4 is 17.9 Å². The summed E-state index contributed by atoms with van der Waals surface area (Å²) in [6, 6.07) is 0. The normalized spacial score (nSPS) is 12.9. The number of hydrogen-bond acceptors (Lipinski definition) is 6. The summed E-state index contributed by atoms with van der Waals surface area (Å²) in [6.45, 7) is 6.46. The maximum Gasteiger partial charge on any atom is 0.306 e. The van der Waals surface area contributed by atoms with Crippen molar-refractivity contribution in [1.29, 1.82) is 0 Å². The van der Waals surface area contributed by atoms with Crippen molar-refractivity contribution < 1.29 is 28.6 Å². The van der Waals surface area contributed by atoms with Gasteiger partial charge in [0.05, 0.1) is 0 Å². The highest BCUT2D eigenvalue weighted by atomic mass is 16.6. The Morgan fingerprint density at radius 3 is 0.917 bits per heavy atom. The third kappa shape index (κ3) is 57.0. The van der Waals surface area contributed by atoms with Gasteiger partial charge in [0.1, 0.15) is 13.2 Å². The lowest BCUT2D eigenvalue weighted by Gasteiger charge is -2.18. The number of carbonyl (C=O) groups excluding carboxylic acids is 3. The fourth-order valence-electron chi connectivity index (χ4n) is 8.05. The molecule has 1 unspecified atom stereocenters. The van der Waals surface area contributed by atoms with Crippen LogP contribution in [0.4, 0.5) is 0 Å². The summed E-state index contributed by atoms with van der Waals surface area (Å²) in [5, 5.41) is 0. The first kappa shape index (κ1) is 68.1. The zero-order valence-corrected chi connectivity index (χ0v) is 46.9. The summed E-state index contributed by atoms with van der Waals surface area (Å²) in [4.78, 5) is 38.2. The average Bonchev–Trinajstić information content (AvgIpc) is 3.38. The molecule has 0 aliphatic heterocycles. The van der Waals surface area contributed by atoms with E-state index >= 15 is 0 Å². The molecule has 6 heteroatoms. The topological polar surface area (TPSA) is 78.9 Å². The highest BCUT2D eigenvalue weighted by molar-refractivity contribution is 5.71. The van der Waals surface area contributed by atoms with Crippen LogP contribution in [0, 0.1) is 0 Å². The molecule has 6 nitrogen and oxygen atoms in total. The maximum absolute atomic E-state index is 12.9. The maximum atomic E-state index is 12.9. The van der Waals surface area contributed by atoms with E-state index in [1.165, 1.54) is 122 Å². The van der Waals surface area contributed by atoms with Crippen molar-refractivity contribution in [2.75, 3.05) is 13.2 Å². The summed E-state index contributed by atoms with van der Waals surface area (Å²) in [5.41, 5.74) is 0. The van der Waals surface area contributed by atoms with E-state index in [0.29, 0.717) is 19.3 Å². The fraction of sp³-hybridized carbons (Fsp3) is 0.682. The summed E-state index contributed by atoms with van der Waals surface area (Å²) in [6.07, 6.45) is 80.8. The van der Waals surface area contributed by atoms with E-state index in [4.69, 9.17) is 14.2 Å². The number of unbranched alkanes of at least 4 members (excludes halogenated alkanes) is 24. The van der Waals surface area contributed by atoms with Gasteiger partial charge in [0.15, 0.2) is 6.10 Å². The van der Waals surface area contributed by atoms with Crippen molar-refractivity contribution in [3.63, 3.8) is 0 Å². The molecule has 1 atom stereocenters. The largest absolute Gasteiger partial charge is 0.462 e. The zero-order chi connectivity index (χ0) is 52.2. The molecule has 0 aromatic carbocycles. The van der Waals surface area contributed by atoms with Crippen LogP contribution >= 0.6 is 0 Å². The summed E-state index contributed by atoms with van der Waals surface area (Å²) in [7, 11) is 0. The van der Waals surface area contributed by atoms with Gasteiger partial charge in [-0.15, -0.1) is 0 Å². The highest BCUT2D eigenvalue weighted by Crippen LogP contribution is 2.15. The Balaban J connectivity index is 4.48. The van der Waals surface area contributed by atoms with Crippen molar-refractivity contribution in [2.24, 2.45) is 0 Å². The monoisotopic (exact) mass is 999 g/mol. The second-order valence-electron chi connectivity index (χ2n) is 19.5. The Morgan fingerprint density at radius 1 is 0.292 bits per heavy atom. The molecule has 0 spiro atoms. The van der Waals surface area contributed by atoms with Gasteiger partial charge >= 0.3 is 17.9 Å². The molecule has 0 radical (unpaired) electrons. The lowest BCUT2D eigenvalue weighted by Crippen LogP contribution is -2.30. The van der Waals surface area contributed by atoms with Crippen LogP contribution in [0.1, 0.15) is 271 Å². The standard InChI is InChI=1S/C66H110O6/c1-4-7-10-13-16-19-22-25-27-29-31-32-33-34-35-37-38-41-44-47-50-53-56-59-65(68)71-62-63(61-70-64(67)58-55-52-49-46-43-40-24-21-18-15-12-9-6-3)72-66(69)60-57-54-51-48-45-42-39-36-30-28-26-23-20-17-14-11-8-5-2/h7,10,16,19-20,23,25,27-28,30-32,34-35,38,41,47,50,63H,4-6,8-9,11-15,17-18,21-22,24,26,29,33,36-37,39-40,42-46,48-49,51-62H2,1-3H3/b10-7-,19-16-,23-20-,27-25-,30-28-,32-31-,35-34-,41-38-,50-47-. The molecule has 0 N–H and O–H groups in total. The molecular weight excluding hydrogens is 889 g/mol. The number of ether oxygens (including phenoxy) is 3. The number of rotatable bonds is 53. The van der Waals surface area contributed by atoms with E-state index in [-0.39, 0.29) is 37.5 Å². The van der Waals surface area contributed by atoms with Gasteiger partial charge in [0, 0.05) is 19.3 Å². The zero-order valence-electron chi connectivity index (χ0n) is 46.9. The number of esters is 3. The molecule has 0 aliphatic carbocycles. The molecule has 0 heterocycles. The van der Waals surface area contributed by atoms with Gasteiger partial charge < -0.3 is 14.2 Å². The summed E-state index contributed by atoms with van der Waals surface area (Å²) >= 11 is 0. The van der Waals surface area contributed by atoms with Gasteiger partial charge in [0.2, 0.25) is 0 Å². The minimum absolute atomic E-state index is 0.0986. The predicted octanol–water partition coefficient (Wildman–Crippen LogP) is 20.3. The molecule has 72 heavy (non-hydrogen) atoms. The minimum atomic E-state index is -0.807. The number of carbonyl (C=O) groups is 3. The Bertz CT molecular complexity index is 1470. The SMILES string of the molecule is CC/C=C\C/C=C\C/C=C\C/C=C\C/C=C\C/C=C\C/C=C\CCCC(=O)OCC(COC(=O)CCCCCCCCCCCCCCC)OC(=O)CCCCCCCCC/C=C\C/C=C\CCCCCC. The van der Waals surface area contributed by atoms with Crippen molar-refractivity contribution in [3.05, 3.63) is 109 Å². The first-order valence-corrected chi connectivity index (χ1v) is 29.9. The molecule has 0 amide bonds. The van der Waals surface area contributed by atoms with Crippen LogP contribution in [-0.2, 0) is 28.6 Å². The first-order chi connectivity index (χ1) is 35.5. The molecule has 0 bridgehead atoms. The van der Waals surface area contributed by atoms with E-state index in [1.54, 1.807) is 0 Å². The van der Waals surface area contributed by atoms with E-state index < -0.39 is 6.10 Å². The van der Waals surface area contributed by atoms with Gasteiger partial charge in [-0.2, -0.15) is 0 Å². The average molecular weight is 1000 g/mol. The number of hydrogen-bond donors (Lipinski definition) is 0. The van der Waals surface area contributed by atoms with Gasteiger partial charge in [-0.25, -0.2) is 0 Å². The van der Waals surface area contributed by atoms with Gasteiger partial charge in [-0.1, -0.05) is 259 Å². The number of allylic oxidation sites excluding steroid dienone is 18. The molecule has 0 aliphatic rings. The van der Waals surface area contributed by atoms with Crippen LogP contribution in [0.2, 0.25) is 0 Å². The van der Waals surface area contributed by atoms with Crippen LogP contribution in [0.5, 0.6) is 0 Å². The van der Waals surface area contributed by atoms with E-state index in [0.717, 1.165) is 103 Å². The third-order valence-electron chi connectivity index (χ3n) is 12.5. The molecular formula is C66H110O6. The summed E-state index contributed by atoms with van der Waals surface area (Å²) in [5.74, 6) is -0.965. The van der Waals surface area contributed by atoms with Gasteiger partial charge in [0.25, 0.3) is 0 Å². The van der Waals surface area contributed by atoms with Crippen LogP contribution < -0.4 is 0 Å². The molecule has 410 valence electrons. The highest BCUT2D eigenvalue weighted by Gasteiger charge is 2.19. The van der Waals surface area contributed by atoms with Crippen LogP contribution in [0.25, 0.3) is 0 Å². The van der Waals surface area contributed by atoms with E-state index in [2.05, 4.69) is 130 Å². The minimum Gasteiger partial charge on any atom is -0.462 e. The van der Waals surface area contributed by atoms with Gasteiger partial charge in [-0.3, -0.25) is 14.4 Å². The molecule has 0 aromatic heterocycles. The van der Waals surface area contributed by atoms with Crippen LogP contribution in [0.3, 0.4) is 0 Å². The first-order valence-electron chi connectivity index (χ1n) is 29.9. The van der Waals surface area contributed by atoms with Crippen LogP contribution in [0.15, 0.2) is 109 Å². The Hall–Kier alpha value is -3.93. The lowest BCUT2D eigenvalue weighted by atomic mass is 10.0. The molecule has 0 aromatic rings. The smallest absolute Gasteiger partial charge is 0.306 e.